The van der Waals surface area contributed by atoms with E-state index in [0.717, 1.165) is 60.2 Å². The van der Waals surface area contributed by atoms with Crippen LogP contribution in [-0.4, -0.2) is 13.7 Å². The van der Waals surface area contributed by atoms with Gasteiger partial charge in [0, 0.05) is 81.7 Å². The van der Waals surface area contributed by atoms with Crippen LogP contribution < -0.4 is 4.90 Å². The highest BCUT2D eigenvalue weighted by atomic mass is 32.2. The van der Waals surface area contributed by atoms with Gasteiger partial charge in [-0.15, -0.1) is 0 Å². The summed E-state index contributed by atoms with van der Waals surface area (Å²) in [6, 6.07) is 52.8. The van der Waals surface area contributed by atoms with Crippen LogP contribution in [0.1, 0.15) is 48.3 Å². The van der Waals surface area contributed by atoms with Gasteiger partial charge in [0.25, 0.3) is 0 Å². The number of rotatable bonds is 10. The van der Waals surface area contributed by atoms with Crippen molar-refractivity contribution in [1.29, 1.82) is 0 Å². The van der Waals surface area contributed by atoms with Gasteiger partial charge in [-0.3, -0.25) is 0 Å². The van der Waals surface area contributed by atoms with Gasteiger partial charge >= 0.3 is 0 Å². The Morgan fingerprint density at radius 2 is 0.827 bits per heavy atom. The number of benzene rings is 12. The summed E-state index contributed by atoms with van der Waals surface area (Å²) in [5.74, 6) is 0. The summed E-state index contributed by atoms with van der Waals surface area (Å²) >= 11 is 1.43. The molecule has 3 aromatic heterocycles. The van der Waals surface area contributed by atoms with Gasteiger partial charge in [-0.1, -0.05) is 214 Å². The molecule has 386 valence electrons. The molecule has 0 aliphatic carbocycles. The SMILES string of the molecule is [2H]c1c([2H])c([2H])c2c(c1[2H])c1c([2H])c([2H])c([2H])c([2H])c1n2-c1cccc(N(c2cc(Sc3cccc4c3c3ccccc3n4-c3ccccc3)cc(-n3c4c([2H])c([2H])c([2H])c([2H])c4c4c([2H])c([2H])c([2H])c([2H])c43)c2)c2c(-c3ccccc3)cc(C(C)(C)C)cc2-c2ccccc2)c1. The molecule has 3 heterocycles. The lowest BCUT2D eigenvalue weighted by Gasteiger charge is -2.33. The second-order valence-corrected chi connectivity index (χ2v) is 22.1. The zero-order valence-corrected chi connectivity index (χ0v) is 44.9. The van der Waals surface area contributed by atoms with Crippen molar-refractivity contribution in [3.05, 3.63) is 290 Å². The van der Waals surface area contributed by atoms with E-state index in [-0.39, 0.29) is 55.0 Å². The van der Waals surface area contributed by atoms with Crippen LogP contribution in [0.3, 0.4) is 0 Å². The lowest BCUT2D eigenvalue weighted by molar-refractivity contribution is 0.591. The smallest absolute Gasteiger partial charge is 0.0645 e. The van der Waals surface area contributed by atoms with Crippen molar-refractivity contribution >= 4 is 94.2 Å². The first-order valence-corrected chi connectivity index (χ1v) is 27.4. The number of para-hydroxylation sites is 6. The van der Waals surface area contributed by atoms with Crippen LogP contribution in [0.5, 0.6) is 0 Å². The predicted octanol–water partition coefficient (Wildman–Crippen LogP) is 21.2. The van der Waals surface area contributed by atoms with Crippen molar-refractivity contribution < 1.29 is 21.9 Å². The van der Waals surface area contributed by atoms with E-state index < -0.39 is 102 Å². The number of hydrogen-bond donors (Lipinski definition) is 0. The molecule has 0 atom stereocenters. The van der Waals surface area contributed by atoms with E-state index >= 15 is 0 Å². The van der Waals surface area contributed by atoms with Crippen LogP contribution in [-0.2, 0) is 5.41 Å². The van der Waals surface area contributed by atoms with Crippen molar-refractivity contribution in [2.45, 2.75) is 36.0 Å². The summed E-state index contributed by atoms with van der Waals surface area (Å²) in [4.78, 5) is 3.46. The van der Waals surface area contributed by atoms with Crippen molar-refractivity contribution in [3.63, 3.8) is 0 Å². The van der Waals surface area contributed by atoms with Gasteiger partial charge < -0.3 is 18.6 Å². The third-order valence-electron chi connectivity index (χ3n) is 15.1. The minimum Gasteiger partial charge on any atom is -0.309 e. The topological polar surface area (TPSA) is 18.0 Å². The van der Waals surface area contributed by atoms with Crippen molar-refractivity contribution in [1.82, 2.24) is 13.7 Å². The molecule has 0 amide bonds. The van der Waals surface area contributed by atoms with Crippen LogP contribution in [0, 0.1) is 0 Å². The van der Waals surface area contributed by atoms with E-state index in [1.54, 1.807) is 18.2 Å². The Labute approximate surface area is 498 Å². The average molecular weight is 1070 g/mol. The fraction of sp³-hybridized carbons (Fsp3) is 0.0526. The highest BCUT2D eigenvalue weighted by Gasteiger charge is 2.28. The summed E-state index contributed by atoms with van der Waals surface area (Å²) in [5.41, 5.74) is 8.18. The van der Waals surface area contributed by atoms with Crippen molar-refractivity contribution in [3.8, 4) is 39.3 Å². The minimum atomic E-state index is -0.585. The molecule has 0 bridgehead atoms. The predicted molar refractivity (Wildman–Crippen MR) is 344 cm³/mol. The van der Waals surface area contributed by atoms with Crippen LogP contribution in [0.25, 0.3) is 105 Å². The molecule has 0 aliphatic rings. The standard InChI is InChI=1S/C76H56N4S/c1-76(2,3)53-45-65(51-25-7-4-8-26-51)75(66(46-53)52-27-9-5-10-28-52)77(55-31-23-32-56(47-55)79-67-38-18-13-33-60(67)61-34-14-19-39-68(61)79)57-48-58(80-69-40-20-15-35-62(69)63-36-16-21-41-70(63)80)50-59(49-57)81-73-44-24-43-72-74(73)64-37-17-22-42-71(64)78(72)54-29-11-6-12-30-54/h4-50H,1-3H3/i13D,14D,15D,16D,18D,19D,20D,21D,33D,34D,35D,36D,38D,39D,40D,41D. The molecular weight excluding hydrogens is 1000 g/mol. The fourth-order valence-electron chi connectivity index (χ4n) is 11.5. The van der Waals surface area contributed by atoms with Crippen LogP contribution >= 0.6 is 11.8 Å². The molecule has 12 aromatic carbocycles. The number of nitrogens with zero attached hydrogens (tertiary/aromatic N) is 4. The van der Waals surface area contributed by atoms with Crippen LogP contribution in [0.2, 0.25) is 0 Å². The summed E-state index contributed by atoms with van der Waals surface area (Å²) in [5, 5.41) is 1.50. The molecule has 0 N–H and O–H groups in total. The first kappa shape index (κ1) is 34.3. The van der Waals surface area contributed by atoms with E-state index in [0.29, 0.717) is 22.0 Å². The Balaban J connectivity index is 1.13. The zero-order chi connectivity index (χ0) is 68.1. The quantitative estimate of drug-likeness (QED) is 0.136. The van der Waals surface area contributed by atoms with Gasteiger partial charge in [0.2, 0.25) is 0 Å². The third-order valence-corrected chi connectivity index (χ3v) is 16.1. The summed E-state index contributed by atoms with van der Waals surface area (Å²) in [7, 11) is 0. The van der Waals surface area contributed by atoms with Crippen LogP contribution in [0.4, 0.5) is 17.1 Å². The maximum atomic E-state index is 9.76. The van der Waals surface area contributed by atoms with E-state index in [2.05, 4.69) is 67.8 Å². The maximum absolute atomic E-state index is 9.76. The van der Waals surface area contributed by atoms with Crippen LogP contribution in [0.15, 0.2) is 295 Å². The molecule has 5 heteroatoms. The summed E-state index contributed by atoms with van der Waals surface area (Å²) in [6.07, 6.45) is 0. The summed E-state index contributed by atoms with van der Waals surface area (Å²) < 4.78 is 154. The molecule has 0 aliphatic heterocycles. The van der Waals surface area contributed by atoms with Crippen molar-refractivity contribution in [2.24, 2.45) is 0 Å². The number of aromatic nitrogens is 3. The van der Waals surface area contributed by atoms with E-state index in [9.17, 15) is 13.7 Å². The van der Waals surface area contributed by atoms with Gasteiger partial charge in [-0.25, -0.2) is 0 Å². The van der Waals surface area contributed by atoms with Gasteiger partial charge in [0.15, 0.2) is 0 Å². The molecule has 15 aromatic rings. The Bertz CT molecular complexity index is 5650. The normalized spacial score (nSPS) is 14.7. The molecule has 0 saturated heterocycles. The largest absolute Gasteiger partial charge is 0.309 e. The summed E-state index contributed by atoms with van der Waals surface area (Å²) in [6.45, 7) is 6.42. The van der Waals surface area contributed by atoms with Gasteiger partial charge in [0.05, 0.1) is 60.7 Å². The first-order valence-electron chi connectivity index (χ1n) is 34.6. The van der Waals surface area contributed by atoms with Crippen molar-refractivity contribution in [2.75, 3.05) is 4.90 Å². The second kappa shape index (κ2) is 19.5. The molecule has 4 nitrogen and oxygen atoms in total. The molecule has 0 saturated carbocycles. The maximum Gasteiger partial charge on any atom is 0.0645 e. The number of fused-ring (bicyclic) bond motifs is 9. The molecule has 0 radical (unpaired) electrons. The first-order chi connectivity index (χ1) is 46.5. The molecule has 0 spiro atoms. The Morgan fingerprint density at radius 1 is 0.370 bits per heavy atom. The van der Waals surface area contributed by atoms with E-state index in [1.807, 2.05) is 132 Å². The lowest BCUT2D eigenvalue weighted by Crippen LogP contribution is -2.17. The number of hydrogen-bond acceptors (Lipinski definition) is 2. The minimum absolute atomic E-state index is 0.0786. The van der Waals surface area contributed by atoms with Gasteiger partial charge in [0.1, 0.15) is 0 Å². The molecule has 0 fully saturated rings. The molecule has 81 heavy (non-hydrogen) atoms. The van der Waals surface area contributed by atoms with E-state index in [1.165, 1.54) is 20.9 Å². The zero-order valence-electron chi connectivity index (χ0n) is 60.1. The Morgan fingerprint density at radius 3 is 1.40 bits per heavy atom. The number of anilines is 3. The lowest BCUT2D eigenvalue weighted by atomic mass is 9.82. The highest BCUT2D eigenvalue weighted by Crippen LogP contribution is 2.51. The second-order valence-electron chi connectivity index (χ2n) is 20.9. The van der Waals surface area contributed by atoms with Gasteiger partial charge in [-0.05, 0) is 125 Å². The van der Waals surface area contributed by atoms with E-state index in [4.69, 9.17) is 8.22 Å². The highest BCUT2D eigenvalue weighted by molar-refractivity contribution is 7.99. The average Bonchev–Trinajstić information content (AvgIpc) is 1.47. The van der Waals surface area contributed by atoms with Gasteiger partial charge in [-0.2, -0.15) is 0 Å². The monoisotopic (exact) mass is 1070 g/mol. The molecule has 15 rings (SSSR count). The molecular formula is C76H56N4S. The third kappa shape index (κ3) is 8.23. The Hall–Kier alpha value is -9.81. The molecule has 0 unspecified atom stereocenters. The Kier molecular flexibility index (Phi) is 8.26. The fourth-order valence-corrected chi connectivity index (χ4v) is 12.5.